The van der Waals surface area contributed by atoms with E-state index in [1.165, 1.54) is 36.5 Å². The number of carboxylic acid groups (broad SMARTS) is 1. The molecule has 0 aliphatic carbocycles. The maximum absolute atomic E-state index is 11.6. The molecule has 0 unspecified atom stereocenters. The van der Waals surface area contributed by atoms with Crippen molar-refractivity contribution >= 4 is 38.4 Å². The Morgan fingerprint density at radius 2 is 1.73 bits per heavy atom. The standard InChI is InChI=1S/C16H11N3O6S/c20-15-12(19-18-11-6-2-1-4-9(11)16(21)22)8-13(26(23,24)25)10-5-3-7-17-14(10)15/h1-8,20H,(H,21,22)(H,23,24,25). The van der Waals surface area contributed by atoms with Gasteiger partial charge in [0, 0.05) is 11.6 Å². The van der Waals surface area contributed by atoms with Crippen LogP contribution >= 0.6 is 0 Å². The Morgan fingerprint density at radius 3 is 2.42 bits per heavy atom. The van der Waals surface area contributed by atoms with Gasteiger partial charge in [0.05, 0.1) is 5.56 Å². The Hall–Kier alpha value is -3.37. The second-order valence-corrected chi connectivity index (χ2v) is 6.53. The first kappa shape index (κ1) is 17.5. The zero-order valence-corrected chi connectivity index (χ0v) is 13.8. The average molecular weight is 373 g/mol. The summed E-state index contributed by atoms with van der Waals surface area (Å²) in [7, 11) is -4.62. The van der Waals surface area contributed by atoms with Gasteiger partial charge in [-0.2, -0.15) is 8.42 Å². The minimum atomic E-state index is -4.62. The van der Waals surface area contributed by atoms with Gasteiger partial charge in [-0.05, 0) is 30.3 Å². The Morgan fingerprint density at radius 1 is 1.04 bits per heavy atom. The van der Waals surface area contributed by atoms with Crippen molar-refractivity contribution in [1.29, 1.82) is 0 Å². The van der Waals surface area contributed by atoms with E-state index in [0.717, 1.165) is 6.07 Å². The SMILES string of the molecule is O=C(O)c1ccccc1N=Nc1cc(S(=O)(=O)O)c2cccnc2c1O. The number of nitrogens with zero attached hydrogens (tertiary/aromatic N) is 3. The number of fused-ring (bicyclic) bond motifs is 1. The van der Waals surface area contributed by atoms with Gasteiger partial charge in [-0.3, -0.25) is 9.54 Å². The van der Waals surface area contributed by atoms with Crippen LogP contribution in [0.5, 0.6) is 5.75 Å². The molecule has 3 rings (SSSR count). The van der Waals surface area contributed by atoms with E-state index in [1.807, 2.05) is 0 Å². The van der Waals surface area contributed by atoms with Gasteiger partial charge in [0.1, 0.15) is 21.8 Å². The molecule has 1 aromatic heterocycles. The summed E-state index contributed by atoms with van der Waals surface area (Å²) in [6, 6.07) is 9.52. The fourth-order valence-corrected chi connectivity index (χ4v) is 3.03. The highest BCUT2D eigenvalue weighted by atomic mass is 32.2. The average Bonchev–Trinajstić information content (AvgIpc) is 2.60. The molecule has 2 aromatic carbocycles. The number of aromatic nitrogens is 1. The van der Waals surface area contributed by atoms with E-state index in [-0.39, 0.29) is 27.8 Å². The molecular weight excluding hydrogens is 362 g/mol. The monoisotopic (exact) mass is 373 g/mol. The highest BCUT2D eigenvalue weighted by molar-refractivity contribution is 7.86. The quantitative estimate of drug-likeness (QED) is 0.469. The van der Waals surface area contributed by atoms with Gasteiger partial charge >= 0.3 is 5.97 Å². The normalized spacial score (nSPS) is 11.9. The molecule has 1 heterocycles. The van der Waals surface area contributed by atoms with Crippen molar-refractivity contribution < 1.29 is 28.0 Å². The molecule has 0 aliphatic heterocycles. The molecule has 0 aliphatic rings. The fraction of sp³-hybridized carbons (Fsp3) is 0. The first-order chi connectivity index (χ1) is 12.3. The number of azo groups is 1. The summed E-state index contributed by atoms with van der Waals surface area (Å²) in [4.78, 5) is 14.6. The number of aromatic hydroxyl groups is 1. The highest BCUT2D eigenvalue weighted by Gasteiger charge is 2.20. The number of hydrogen-bond donors (Lipinski definition) is 3. The summed E-state index contributed by atoms with van der Waals surface area (Å²) in [5.41, 5.74) is -0.495. The molecule has 0 amide bonds. The maximum atomic E-state index is 11.6. The summed E-state index contributed by atoms with van der Waals surface area (Å²) in [6.45, 7) is 0. The molecular formula is C16H11N3O6S. The molecule has 10 heteroatoms. The largest absolute Gasteiger partial charge is 0.504 e. The van der Waals surface area contributed by atoms with Crippen LogP contribution in [0.25, 0.3) is 10.9 Å². The van der Waals surface area contributed by atoms with Crippen molar-refractivity contribution in [2.24, 2.45) is 10.2 Å². The molecule has 26 heavy (non-hydrogen) atoms. The van der Waals surface area contributed by atoms with Crippen molar-refractivity contribution in [3.63, 3.8) is 0 Å². The Kier molecular flexibility index (Phi) is 4.36. The number of hydrogen-bond acceptors (Lipinski definition) is 7. The third-order valence-corrected chi connectivity index (χ3v) is 4.38. The summed E-state index contributed by atoms with van der Waals surface area (Å²) >= 11 is 0. The molecule has 3 aromatic rings. The van der Waals surface area contributed by atoms with Crippen LogP contribution in [-0.2, 0) is 10.1 Å². The van der Waals surface area contributed by atoms with Gasteiger partial charge in [-0.25, -0.2) is 4.79 Å². The number of phenols is 1. The summed E-state index contributed by atoms with van der Waals surface area (Å²) < 4.78 is 32.7. The summed E-state index contributed by atoms with van der Waals surface area (Å²) in [5.74, 6) is -1.67. The summed E-state index contributed by atoms with van der Waals surface area (Å²) in [5, 5.41) is 26.9. The van der Waals surface area contributed by atoms with Crippen LogP contribution in [0.3, 0.4) is 0 Å². The van der Waals surface area contributed by atoms with E-state index in [1.54, 1.807) is 6.07 Å². The molecule has 0 saturated carbocycles. The number of pyridine rings is 1. The van der Waals surface area contributed by atoms with Crippen molar-refractivity contribution in [1.82, 2.24) is 4.98 Å². The third kappa shape index (κ3) is 3.23. The molecule has 0 bridgehead atoms. The number of carboxylic acids is 1. The van der Waals surface area contributed by atoms with Crippen LogP contribution in [0.4, 0.5) is 11.4 Å². The second-order valence-electron chi connectivity index (χ2n) is 5.14. The Balaban J connectivity index is 2.21. The van der Waals surface area contributed by atoms with E-state index < -0.39 is 26.7 Å². The van der Waals surface area contributed by atoms with Gasteiger partial charge in [0.15, 0.2) is 5.75 Å². The minimum Gasteiger partial charge on any atom is -0.504 e. The van der Waals surface area contributed by atoms with E-state index in [9.17, 15) is 22.9 Å². The lowest BCUT2D eigenvalue weighted by Gasteiger charge is -2.07. The minimum absolute atomic E-state index is 0.00826. The predicted octanol–water partition coefficient (Wildman–Crippen LogP) is 3.30. The Bertz CT molecular complexity index is 1160. The molecule has 3 N–H and O–H groups in total. The summed E-state index contributed by atoms with van der Waals surface area (Å²) in [6.07, 6.45) is 1.33. The van der Waals surface area contributed by atoms with Gasteiger partial charge in [-0.15, -0.1) is 10.2 Å². The lowest BCUT2D eigenvalue weighted by Crippen LogP contribution is -1.99. The molecule has 0 atom stereocenters. The smallest absolute Gasteiger partial charge is 0.337 e. The lowest BCUT2D eigenvalue weighted by molar-refractivity contribution is 0.0697. The maximum Gasteiger partial charge on any atom is 0.337 e. The zero-order valence-electron chi connectivity index (χ0n) is 12.9. The first-order valence-electron chi connectivity index (χ1n) is 7.11. The van der Waals surface area contributed by atoms with Gasteiger partial charge in [0.2, 0.25) is 0 Å². The van der Waals surface area contributed by atoms with Gasteiger partial charge in [-0.1, -0.05) is 12.1 Å². The number of benzene rings is 2. The topological polar surface area (TPSA) is 150 Å². The number of aromatic carboxylic acids is 1. The molecule has 0 saturated heterocycles. The first-order valence-corrected chi connectivity index (χ1v) is 8.55. The van der Waals surface area contributed by atoms with Crippen LogP contribution in [0.15, 0.2) is 63.8 Å². The number of carbonyl (C=O) groups is 1. The molecule has 0 radical (unpaired) electrons. The lowest BCUT2D eigenvalue weighted by atomic mass is 10.2. The van der Waals surface area contributed by atoms with Gasteiger partial charge < -0.3 is 10.2 Å². The van der Waals surface area contributed by atoms with Crippen LogP contribution in [-0.4, -0.2) is 34.1 Å². The van der Waals surface area contributed by atoms with Crippen molar-refractivity contribution in [2.45, 2.75) is 4.90 Å². The van der Waals surface area contributed by atoms with Crippen molar-refractivity contribution in [3.05, 3.63) is 54.2 Å². The fourth-order valence-electron chi connectivity index (χ4n) is 2.32. The molecule has 9 nitrogen and oxygen atoms in total. The molecule has 0 fully saturated rings. The van der Waals surface area contributed by atoms with E-state index >= 15 is 0 Å². The van der Waals surface area contributed by atoms with Gasteiger partial charge in [0.25, 0.3) is 10.1 Å². The van der Waals surface area contributed by atoms with E-state index in [0.29, 0.717) is 0 Å². The molecule has 0 spiro atoms. The Labute approximate surface area is 147 Å². The number of rotatable bonds is 4. The van der Waals surface area contributed by atoms with E-state index in [4.69, 9.17) is 5.11 Å². The predicted molar refractivity (Wildman–Crippen MR) is 90.8 cm³/mol. The highest BCUT2D eigenvalue weighted by Crippen LogP contribution is 2.38. The number of phenolic OH excluding ortho intramolecular Hbond substituents is 1. The van der Waals surface area contributed by atoms with Crippen LogP contribution in [0, 0.1) is 0 Å². The van der Waals surface area contributed by atoms with Crippen molar-refractivity contribution in [3.8, 4) is 5.75 Å². The van der Waals surface area contributed by atoms with Crippen LogP contribution in [0.1, 0.15) is 10.4 Å². The van der Waals surface area contributed by atoms with E-state index in [2.05, 4.69) is 15.2 Å². The molecule has 132 valence electrons. The zero-order chi connectivity index (χ0) is 18.9. The third-order valence-electron chi connectivity index (χ3n) is 3.49. The van der Waals surface area contributed by atoms with Crippen LogP contribution < -0.4 is 0 Å². The second kappa shape index (κ2) is 6.50. The van der Waals surface area contributed by atoms with Crippen LogP contribution in [0.2, 0.25) is 0 Å². The van der Waals surface area contributed by atoms with Crippen molar-refractivity contribution in [2.75, 3.05) is 0 Å².